The second-order valence-electron chi connectivity index (χ2n) is 10.2. The summed E-state index contributed by atoms with van der Waals surface area (Å²) in [5.41, 5.74) is 0.581. The van der Waals surface area contributed by atoms with Gasteiger partial charge in [0.05, 0.1) is 19.1 Å². The Morgan fingerprint density at radius 3 is 2.33 bits per heavy atom. The summed E-state index contributed by atoms with van der Waals surface area (Å²) in [6.45, 7) is 1.96. The molecule has 0 atom stereocenters. The van der Waals surface area contributed by atoms with Gasteiger partial charge >= 0.3 is 0 Å². The molecular weight excluding hydrogens is 572 g/mol. The highest BCUT2D eigenvalue weighted by Crippen LogP contribution is 2.35. The zero-order chi connectivity index (χ0) is 30.7. The average Bonchev–Trinajstić information content (AvgIpc) is 3.86. The molecule has 43 heavy (non-hydrogen) atoms. The topological polar surface area (TPSA) is 150 Å². The fourth-order valence-electron chi connectivity index (χ4n) is 4.75. The number of pyridine rings is 1. The lowest BCUT2D eigenvalue weighted by Crippen LogP contribution is -2.29. The van der Waals surface area contributed by atoms with E-state index >= 15 is 0 Å². The minimum Gasteiger partial charge on any atom is -0.494 e. The van der Waals surface area contributed by atoms with Crippen LogP contribution in [0.25, 0.3) is 16.8 Å². The number of nitrogens with zero attached hydrogens (tertiary/aromatic N) is 3. The number of anilines is 1. The largest absolute Gasteiger partial charge is 0.494 e. The van der Waals surface area contributed by atoms with Crippen molar-refractivity contribution < 1.29 is 27.8 Å². The maximum Gasteiger partial charge on any atom is 0.281 e. The molecule has 0 radical (unpaired) electrons. The number of sulfone groups is 1. The highest BCUT2D eigenvalue weighted by molar-refractivity contribution is 7.91. The number of methoxy groups -OCH3 is 2. The lowest BCUT2D eigenvalue weighted by atomic mass is 10.1. The van der Waals surface area contributed by atoms with Crippen molar-refractivity contribution in [3.8, 4) is 34.2 Å². The quantitative estimate of drug-likeness (QED) is 0.252. The maximum absolute atomic E-state index is 14.0. The number of ether oxygens (including phenoxy) is 2. The Balaban J connectivity index is 1.57. The normalized spacial score (nSPS) is 13.0. The summed E-state index contributed by atoms with van der Waals surface area (Å²) in [7, 11) is -1.68. The number of benzene rings is 2. The number of hydrogen-bond donors (Lipinski definition) is 2. The minimum absolute atomic E-state index is 0.0233. The van der Waals surface area contributed by atoms with Gasteiger partial charge in [0, 0.05) is 18.5 Å². The van der Waals surface area contributed by atoms with Gasteiger partial charge < -0.3 is 19.9 Å². The van der Waals surface area contributed by atoms with Crippen molar-refractivity contribution in [1.29, 1.82) is 0 Å². The molecule has 2 heterocycles. The van der Waals surface area contributed by atoms with E-state index in [-0.39, 0.29) is 39.7 Å². The fourth-order valence-corrected chi connectivity index (χ4v) is 6.09. The van der Waals surface area contributed by atoms with Crippen molar-refractivity contribution in [3.63, 3.8) is 0 Å². The van der Waals surface area contributed by atoms with Crippen LogP contribution in [0.4, 0.5) is 5.82 Å². The van der Waals surface area contributed by atoms with Crippen LogP contribution in [0.1, 0.15) is 38.4 Å². The van der Waals surface area contributed by atoms with Crippen LogP contribution in [0, 0.1) is 5.92 Å². The second kappa shape index (κ2) is 12.3. The van der Waals surface area contributed by atoms with Gasteiger partial charge in [0.2, 0.25) is 21.6 Å². The molecule has 0 saturated heterocycles. The fraction of sp³-hybridized carbons (Fsp3) is 0.290. The van der Waals surface area contributed by atoms with Crippen molar-refractivity contribution in [1.82, 2.24) is 14.5 Å². The van der Waals surface area contributed by atoms with Gasteiger partial charge in [-0.1, -0.05) is 31.5 Å². The lowest BCUT2D eigenvalue weighted by Gasteiger charge is -2.19. The average molecular weight is 605 g/mol. The van der Waals surface area contributed by atoms with Crippen molar-refractivity contribution >= 4 is 21.6 Å². The zero-order valence-electron chi connectivity index (χ0n) is 24.0. The third kappa shape index (κ3) is 5.96. The van der Waals surface area contributed by atoms with Crippen molar-refractivity contribution in [3.05, 3.63) is 77.0 Å². The number of aromatic hydroxyl groups is 1. The van der Waals surface area contributed by atoms with Gasteiger partial charge in [0.25, 0.3) is 5.56 Å². The molecule has 1 saturated carbocycles. The molecular formula is C31H32N4O7S. The summed E-state index contributed by atoms with van der Waals surface area (Å²) in [5, 5.41) is 13.7. The molecule has 0 spiro atoms. The van der Waals surface area contributed by atoms with Crippen LogP contribution in [-0.4, -0.2) is 48.2 Å². The monoisotopic (exact) mass is 604 g/mol. The van der Waals surface area contributed by atoms with Crippen molar-refractivity contribution in [2.75, 3.05) is 19.5 Å². The Bertz CT molecular complexity index is 1810. The molecule has 11 nitrogen and oxygen atoms in total. The highest BCUT2D eigenvalue weighted by atomic mass is 32.2. The van der Waals surface area contributed by atoms with E-state index in [9.17, 15) is 23.1 Å². The van der Waals surface area contributed by atoms with Crippen LogP contribution in [-0.2, 0) is 21.1 Å². The molecule has 1 amide bonds. The first kappa shape index (κ1) is 29.8. The van der Waals surface area contributed by atoms with E-state index in [0.717, 1.165) is 23.8 Å². The minimum atomic E-state index is -4.53. The SMILES string of the molecule is CCCCc1nc(O)c(S(=O)(=O)c2ccc(-c3ccnc(NC(=O)C4CC4)c3)cc2)c(=O)n1-c1c(OC)cccc1OC. The summed E-state index contributed by atoms with van der Waals surface area (Å²) in [5.74, 6) is 0.178. The van der Waals surface area contributed by atoms with Crippen LogP contribution in [0.5, 0.6) is 17.4 Å². The molecule has 224 valence electrons. The molecule has 1 aliphatic rings. The Hall–Kier alpha value is -4.71. The molecule has 0 unspecified atom stereocenters. The molecule has 12 heteroatoms. The number of aromatic nitrogens is 3. The molecule has 0 bridgehead atoms. The lowest BCUT2D eigenvalue weighted by molar-refractivity contribution is -0.117. The Kier molecular flexibility index (Phi) is 8.49. The number of carbonyl (C=O) groups excluding carboxylic acids is 1. The van der Waals surface area contributed by atoms with Crippen LogP contribution in [0.15, 0.2) is 75.4 Å². The number of unbranched alkanes of at least 4 members (excludes halogenated alkanes) is 1. The van der Waals surface area contributed by atoms with E-state index in [2.05, 4.69) is 15.3 Å². The molecule has 0 aliphatic heterocycles. The Labute approximate surface area is 249 Å². The smallest absolute Gasteiger partial charge is 0.281 e. The first-order valence-corrected chi connectivity index (χ1v) is 15.4. The van der Waals surface area contributed by atoms with Gasteiger partial charge in [-0.3, -0.25) is 14.2 Å². The third-order valence-electron chi connectivity index (χ3n) is 7.20. The van der Waals surface area contributed by atoms with Crippen LogP contribution >= 0.6 is 0 Å². The highest BCUT2D eigenvalue weighted by Gasteiger charge is 2.32. The predicted octanol–water partition coefficient (Wildman–Crippen LogP) is 4.54. The number of aryl methyl sites for hydroxylation is 1. The molecule has 1 aliphatic carbocycles. The van der Waals surface area contributed by atoms with E-state index in [0.29, 0.717) is 29.8 Å². The second-order valence-corrected chi connectivity index (χ2v) is 12.0. The summed E-state index contributed by atoms with van der Waals surface area (Å²) in [6.07, 6.45) is 5.00. The van der Waals surface area contributed by atoms with Gasteiger partial charge in [0.1, 0.15) is 28.8 Å². The van der Waals surface area contributed by atoms with Gasteiger partial charge in [-0.2, -0.15) is 4.98 Å². The van der Waals surface area contributed by atoms with E-state index in [4.69, 9.17) is 9.47 Å². The van der Waals surface area contributed by atoms with Gasteiger partial charge in [0.15, 0.2) is 4.90 Å². The van der Waals surface area contributed by atoms with Crippen LogP contribution in [0.3, 0.4) is 0 Å². The van der Waals surface area contributed by atoms with Crippen molar-refractivity contribution in [2.45, 2.75) is 48.8 Å². The number of rotatable bonds is 11. The first-order valence-electron chi connectivity index (χ1n) is 13.9. The van der Waals surface area contributed by atoms with Crippen molar-refractivity contribution in [2.24, 2.45) is 5.92 Å². The van der Waals surface area contributed by atoms with E-state index in [1.54, 1.807) is 48.7 Å². The number of hydrogen-bond acceptors (Lipinski definition) is 9. The Morgan fingerprint density at radius 1 is 1.05 bits per heavy atom. The van der Waals surface area contributed by atoms with Gasteiger partial charge in [-0.25, -0.2) is 13.4 Å². The molecule has 2 N–H and O–H groups in total. The summed E-state index contributed by atoms with van der Waals surface area (Å²) < 4.78 is 39.8. The molecule has 1 fully saturated rings. The number of carbonyl (C=O) groups is 1. The molecule has 5 rings (SSSR count). The maximum atomic E-state index is 14.0. The van der Waals surface area contributed by atoms with Crippen LogP contribution < -0.4 is 20.3 Å². The van der Waals surface area contributed by atoms with Gasteiger partial charge in [-0.15, -0.1) is 0 Å². The summed E-state index contributed by atoms with van der Waals surface area (Å²) in [6, 6.07) is 14.2. The van der Waals surface area contributed by atoms with E-state index in [1.807, 2.05) is 6.92 Å². The standard InChI is InChI=1S/C31H32N4O7S/c1-4-5-9-26-34-30(37)28(31(38)35(26)27-23(41-2)7-6-8-24(27)42-3)43(39,40)22-14-12-19(13-15-22)21-16-17-32-25(18-21)33-29(36)20-10-11-20/h6-8,12-18,20,37H,4-5,9-11H2,1-3H3,(H,32,33,36). The molecule has 2 aromatic carbocycles. The third-order valence-corrected chi connectivity index (χ3v) is 8.99. The summed E-state index contributed by atoms with van der Waals surface area (Å²) >= 11 is 0. The first-order chi connectivity index (χ1) is 20.7. The predicted molar refractivity (Wildman–Crippen MR) is 160 cm³/mol. The number of amides is 1. The van der Waals surface area contributed by atoms with Crippen LogP contribution in [0.2, 0.25) is 0 Å². The van der Waals surface area contributed by atoms with Gasteiger partial charge in [-0.05, 0) is 66.8 Å². The zero-order valence-corrected chi connectivity index (χ0v) is 24.8. The van der Waals surface area contributed by atoms with E-state index < -0.39 is 26.2 Å². The number of nitrogens with one attached hydrogen (secondary N) is 1. The summed E-state index contributed by atoms with van der Waals surface area (Å²) in [4.78, 5) is 33.5. The Morgan fingerprint density at radius 2 is 1.72 bits per heavy atom. The molecule has 4 aromatic rings. The number of para-hydroxylation sites is 1. The molecule has 2 aromatic heterocycles. The van der Waals surface area contributed by atoms with E-state index in [1.165, 1.54) is 26.4 Å².